The molecular weight excluding hydrogens is 320 g/mol. The van der Waals surface area contributed by atoms with Crippen molar-refractivity contribution in [1.82, 2.24) is 4.90 Å². The van der Waals surface area contributed by atoms with Gasteiger partial charge in [0.05, 0.1) is 5.02 Å². The van der Waals surface area contributed by atoms with Crippen LogP contribution in [0.1, 0.15) is 36.8 Å². The fourth-order valence-corrected chi connectivity index (χ4v) is 4.29. The topological polar surface area (TPSA) is 32.7 Å². The van der Waals surface area contributed by atoms with Crippen LogP contribution in [0.2, 0.25) is 5.02 Å². The predicted molar refractivity (Wildman–Crippen MR) is 101 cm³/mol. The minimum absolute atomic E-state index is 0.246. The first-order valence-corrected chi connectivity index (χ1v) is 8.79. The summed E-state index contributed by atoms with van der Waals surface area (Å²) in [5, 5.41) is 3.57. The lowest BCUT2D eigenvalue weighted by Crippen LogP contribution is -2.38. The Morgan fingerprint density at radius 2 is 2.17 bits per heavy atom. The highest BCUT2D eigenvalue weighted by Crippen LogP contribution is 2.45. The third-order valence-electron chi connectivity index (χ3n) is 5.38. The fourth-order valence-electron chi connectivity index (χ4n) is 4.07. The average Bonchev–Trinajstić information content (AvgIpc) is 2.70. The van der Waals surface area contributed by atoms with Crippen molar-refractivity contribution in [2.45, 2.75) is 38.1 Å². The van der Waals surface area contributed by atoms with Crippen LogP contribution in [0.25, 0.3) is 0 Å². The zero-order chi connectivity index (χ0) is 17.3. The molecule has 4 heteroatoms. The van der Waals surface area contributed by atoms with Gasteiger partial charge in [-0.05, 0) is 67.2 Å². The maximum absolute atomic E-state index is 11.2. The summed E-state index contributed by atoms with van der Waals surface area (Å²) in [6.07, 6.45) is 9.15. The first-order valence-electron chi connectivity index (χ1n) is 8.41. The molecule has 2 unspecified atom stereocenters. The van der Waals surface area contributed by atoms with Gasteiger partial charge < -0.3 is 4.90 Å². The van der Waals surface area contributed by atoms with E-state index < -0.39 is 0 Å². The zero-order valence-corrected chi connectivity index (χ0v) is 15.0. The van der Waals surface area contributed by atoms with Crippen molar-refractivity contribution < 1.29 is 0 Å². The average molecular weight is 343 g/mol. The van der Waals surface area contributed by atoms with E-state index >= 15 is 0 Å². The van der Waals surface area contributed by atoms with Crippen molar-refractivity contribution in [1.29, 1.82) is 0 Å². The Kier molecular flexibility index (Phi) is 5.02. The molecular formula is C20H23ClN2O. The third-order valence-corrected chi connectivity index (χ3v) is 5.68. The Bertz CT molecular complexity index is 735. The number of nitroso groups, excluding NO2 is 1. The first kappa shape index (κ1) is 17.1. The molecule has 0 radical (unpaired) electrons. The van der Waals surface area contributed by atoms with Crippen molar-refractivity contribution in [2.75, 3.05) is 13.6 Å². The van der Waals surface area contributed by atoms with E-state index in [1.54, 1.807) is 0 Å². The van der Waals surface area contributed by atoms with Gasteiger partial charge in [-0.2, -0.15) is 0 Å². The van der Waals surface area contributed by atoms with Gasteiger partial charge in [-0.3, -0.25) is 0 Å². The molecule has 1 aliphatic carbocycles. The van der Waals surface area contributed by atoms with Crippen LogP contribution in [0.15, 0.2) is 53.3 Å². The molecule has 0 N–H and O–H groups in total. The maximum Gasteiger partial charge on any atom is 0.126 e. The van der Waals surface area contributed by atoms with Crippen molar-refractivity contribution in [3.8, 4) is 0 Å². The molecule has 3 rings (SSSR count). The van der Waals surface area contributed by atoms with Crippen molar-refractivity contribution in [3.05, 3.63) is 69.1 Å². The molecule has 0 fully saturated rings. The molecule has 2 atom stereocenters. The van der Waals surface area contributed by atoms with Gasteiger partial charge in [0.25, 0.3) is 0 Å². The number of halogens is 1. The van der Waals surface area contributed by atoms with E-state index in [1.807, 2.05) is 24.3 Å². The van der Waals surface area contributed by atoms with E-state index in [9.17, 15) is 4.91 Å². The first-order chi connectivity index (χ1) is 11.6. The SMILES string of the molecule is C=C/C=C\C1=C(C)CCC2C1c1cc(N=O)c(Cl)cc1CCN2C. The van der Waals surface area contributed by atoms with Gasteiger partial charge in [-0.15, -0.1) is 4.91 Å². The second-order valence-electron chi connectivity index (χ2n) is 6.74. The van der Waals surface area contributed by atoms with E-state index in [0.29, 0.717) is 16.8 Å². The number of nitrogens with zero attached hydrogens (tertiary/aromatic N) is 2. The molecule has 126 valence electrons. The Balaban J connectivity index is 2.21. The standard InChI is InChI=1S/C20H23ClN2O/c1-4-5-6-15-13(2)7-8-19-20(15)16-12-18(22-24)17(21)11-14(16)9-10-23(19)3/h4-6,11-12,19-20H,1,7-10H2,2-3H3/b6-5-. The number of hydrogen-bond donors (Lipinski definition) is 0. The molecule has 2 aliphatic rings. The summed E-state index contributed by atoms with van der Waals surface area (Å²) < 4.78 is 0. The van der Waals surface area contributed by atoms with Gasteiger partial charge in [0, 0.05) is 18.5 Å². The normalized spacial score (nSPS) is 24.5. The number of fused-ring (bicyclic) bond motifs is 3. The molecule has 0 aromatic heterocycles. The summed E-state index contributed by atoms with van der Waals surface area (Å²) in [7, 11) is 2.19. The molecule has 0 spiro atoms. The highest BCUT2D eigenvalue weighted by Gasteiger charge is 2.36. The van der Waals surface area contributed by atoms with Gasteiger partial charge in [-0.1, -0.05) is 42.0 Å². The predicted octanol–water partition coefficient (Wildman–Crippen LogP) is 5.53. The second-order valence-corrected chi connectivity index (χ2v) is 7.15. The van der Waals surface area contributed by atoms with Crippen LogP contribution in [0.5, 0.6) is 0 Å². The number of hydrogen-bond acceptors (Lipinski definition) is 3. The molecule has 0 saturated carbocycles. The van der Waals surface area contributed by atoms with E-state index in [0.717, 1.165) is 25.8 Å². The molecule has 1 heterocycles. The minimum Gasteiger partial charge on any atom is -0.302 e. The quantitative estimate of drug-likeness (QED) is 0.534. The minimum atomic E-state index is 0.246. The number of rotatable bonds is 3. The van der Waals surface area contributed by atoms with Gasteiger partial charge in [0.1, 0.15) is 5.69 Å². The summed E-state index contributed by atoms with van der Waals surface area (Å²) in [6.45, 7) is 7.00. The maximum atomic E-state index is 11.2. The summed E-state index contributed by atoms with van der Waals surface area (Å²) in [6, 6.07) is 4.27. The molecule has 0 amide bonds. The monoisotopic (exact) mass is 342 g/mol. The van der Waals surface area contributed by atoms with Crippen LogP contribution in [0.3, 0.4) is 0 Å². The third kappa shape index (κ3) is 2.99. The molecule has 0 bridgehead atoms. The fraction of sp³-hybridized carbons (Fsp3) is 0.400. The lowest BCUT2D eigenvalue weighted by Gasteiger charge is -2.38. The van der Waals surface area contributed by atoms with Crippen LogP contribution in [0, 0.1) is 4.91 Å². The number of allylic oxidation sites excluding steroid dienone is 4. The van der Waals surface area contributed by atoms with Crippen LogP contribution in [-0.2, 0) is 6.42 Å². The van der Waals surface area contributed by atoms with Crippen molar-refractivity contribution in [2.24, 2.45) is 5.18 Å². The van der Waals surface area contributed by atoms with Crippen LogP contribution >= 0.6 is 11.6 Å². The van der Waals surface area contributed by atoms with Crippen LogP contribution in [-0.4, -0.2) is 24.5 Å². The molecule has 0 saturated heterocycles. The Morgan fingerprint density at radius 1 is 1.38 bits per heavy atom. The smallest absolute Gasteiger partial charge is 0.126 e. The Hall–Kier alpha value is -1.71. The molecule has 1 aromatic carbocycles. The Morgan fingerprint density at radius 3 is 2.88 bits per heavy atom. The highest BCUT2D eigenvalue weighted by molar-refractivity contribution is 6.33. The van der Waals surface area contributed by atoms with Crippen molar-refractivity contribution >= 4 is 17.3 Å². The van der Waals surface area contributed by atoms with E-state index in [2.05, 4.69) is 36.7 Å². The Labute approximate surface area is 148 Å². The van der Waals surface area contributed by atoms with Gasteiger partial charge in [0.15, 0.2) is 0 Å². The summed E-state index contributed by atoms with van der Waals surface area (Å²) in [5.74, 6) is 0.246. The lowest BCUT2D eigenvalue weighted by atomic mass is 9.74. The van der Waals surface area contributed by atoms with E-state index in [1.165, 1.54) is 22.3 Å². The lowest BCUT2D eigenvalue weighted by molar-refractivity contribution is 0.214. The molecule has 24 heavy (non-hydrogen) atoms. The van der Waals surface area contributed by atoms with Crippen molar-refractivity contribution in [3.63, 3.8) is 0 Å². The van der Waals surface area contributed by atoms with Crippen LogP contribution < -0.4 is 0 Å². The largest absolute Gasteiger partial charge is 0.302 e. The van der Waals surface area contributed by atoms with E-state index in [-0.39, 0.29) is 5.92 Å². The molecule has 1 aromatic rings. The van der Waals surface area contributed by atoms with Gasteiger partial charge in [-0.25, -0.2) is 0 Å². The second kappa shape index (κ2) is 7.04. The highest BCUT2D eigenvalue weighted by atomic mass is 35.5. The molecule has 3 nitrogen and oxygen atoms in total. The van der Waals surface area contributed by atoms with Gasteiger partial charge in [0.2, 0.25) is 0 Å². The number of likely N-dealkylation sites (N-methyl/N-ethyl adjacent to an activating group) is 1. The van der Waals surface area contributed by atoms with Crippen LogP contribution in [0.4, 0.5) is 5.69 Å². The zero-order valence-electron chi connectivity index (χ0n) is 14.3. The van der Waals surface area contributed by atoms with E-state index in [4.69, 9.17) is 11.6 Å². The van der Waals surface area contributed by atoms with Gasteiger partial charge >= 0.3 is 0 Å². The summed E-state index contributed by atoms with van der Waals surface area (Å²) >= 11 is 6.23. The summed E-state index contributed by atoms with van der Waals surface area (Å²) in [5.41, 5.74) is 5.51. The number of benzene rings is 1. The molecule has 1 aliphatic heterocycles. The summed E-state index contributed by atoms with van der Waals surface area (Å²) in [4.78, 5) is 13.6.